The van der Waals surface area contributed by atoms with Gasteiger partial charge >= 0.3 is 0 Å². The summed E-state index contributed by atoms with van der Waals surface area (Å²) in [6.45, 7) is 2.06. The Morgan fingerprint density at radius 3 is 2.83 bits per heavy atom. The van der Waals surface area contributed by atoms with E-state index < -0.39 is 0 Å². The monoisotopic (exact) mass is 250 g/mol. The molecule has 1 fully saturated rings. The van der Waals surface area contributed by atoms with E-state index in [0.717, 1.165) is 43.7 Å². The summed E-state index contributed by atoms with van der Waals surface area (Å²) < 4.78 is 19.4. The molecule has 2 aliphatic rings. The van der Waals surface area contributed by atoms with E-state index in [9.17, 15) is 4.39 Å². The molecule has 2 N–H and O–H groups in total. The zero-order valence-corrected chi connectivity index (χ0v) is 10.7. The Balaban J connectivity index is 1.89. The molecule has 18 heavy (non-hydrogen) atoms. The summed E-state index contributed by atoms with van der Waals surface area (Å²) in [4.78, 5) is 2.31. The summed E-state index contributed by atoms with van der Waals surface area (Å²) in [5, 5.41) is 0. The number of likely N-dealkylation sites (tertiary alicyclic amines) is 1. The van der Waals surface area contributed by atoms with Crippen molar-refractivity contribution in [2.75, 3.05) is 20.1 Å². The zero-order chi connectivity index (χ0) is 12.8. The first-order chi connectivity index (χ1) is 8.58. The van der Waals surface area contributed by atoms with Gasteiger partial charge < -0.3 is 15.4 Å². The Bertz CT molecular complexity index is 455. The zero-order valence-electron chi connectivity index (χ0n) is 10.7. The fourth-order valence-electron chi connectivity index (χ4n) is 3.02. The molecule has 1 spiro atoms. The van der Waals surface area contributed by atoms with Crippen LogP contribution in [-0.4, -0.2) is 30.6 Å². The standard InChI is InChI=1S/C14H19FN2O/c1-17-6-4-14(5-7-17)9-12(16)11-8-10(15)2-3-13(11)18-14/h2-3,8,12H,4-7,9,16H2,1H3/t12-/m0/s1. The molecule has 0 unspecified atom stereocenters. The maximum atomic E-state index is 13.2. The molecular formula is C14H19FN2O. The number of hydrogen-bond acceptors (Lipinski definition) is 3. The van der Waals surface area contributed by atoms with Crippen LogP contribution in [0.25, 0.3) is 0 Å². The maximum absolute atomic E-state index is 13.2. The highest BCUT2D eigenvalue weighted by molar-refractivity contribution is 5.39. The van der Waals surface area contributed by atoms with Gasteiger partial charge in [-0.25, -0.2) is 4.39 Å². The molecule has 98 valence electrons. The molecule has 4 heteroatoms. The minimum absolute atomic E-state index is 0.118. The van der Waals surface area contributed by atoms with Crippen LogP contribution in [0.5, 0.6) is 5.75 Å². The van der Waals surface area contributed by atoms with E-state index in [-0.39, 0.29) is 17.5 Å². The SMILES string of the molecule is CN1CCC2(CC1)C[C@H](N)c1cc(F)ccc1O2. The predicted molar refractivity (Wildman–Crippen MR) is 68.0 cm³/mol. The molecule has 0 saturated carbocycles. The molecule has 0 amide bonds. The first-order valence-corrected chi connectivity index (χ1v) is 6.51. The molecule has 0 aromatic heterocycles. The van der Waals surface area contributed by atoms with Crippen LogP contribution in [0.3, 0.4) is 0 Å². The smallest absolute Gasteiger partial charge is 0.125 e. The van der Waals surface area contributed by atoms with Gasteiger partial charge in [0, 0.05) is 31.1 Å². The van der Waals surface area contributed by atoms with Crippen molar-refractivity contribution in [1.29, 1.82) is 0 Å². The third-order valence-corrected chi connectivity index (χ3v) is 4.19. The van der Waals surface area contributed by atoms with E-state index in [1.807, 2.05) is 0 Å². The second-order valence-corrected chi connectivity index (χ2v) is 5.58. The number of fused-ring (bicyclic) bond motifs is 1. The minimum atomic E-state index is -0.243. The fraction of sp³-hybridized carbons (Fsp3) is 0.571. The van der Waals surface area contributed by atoms with Gasteiger partial charge in [0.1, 0.15) is 17.2 Å². The highest BCUT2D eigenvalue weighted by Gasteiger charge is 2.41. The van der Waals surface area contributed by atoms with Gasteiger partial charge in [-0.2, -0.15) is 0 Å². The number of nitrogens with two attached hydrogens (primary N) is 1. The lowest BCUT2D eigenvalue weighted by Crippen LogP contribution is -2.50. The van der Waals surface area contributed by atoms with Crippen LogP contribution in [0.15, 0.2) is 18.2 Å². The Hall–Kier alpha value is -1.13. The van der Waals surface area contributed by atoms with E-state index in [0.29, 0.717) is 0 Å². The van der Waals surface area contributed by atoms with Gasteiger partial charge in [0.15, 0.2) is 0 Å². The molecule has 0 aliphatic carbocycles. The second-order valence-electron chi connectivity index (χ2n) is 5.58. The molecule has 3 rings (SSSR count). The molecule has 2 aliphatic heterocycles. The number of nitrogens with zero attached hydrogens (tertiary/aromatic N) is 1. The normalized spacial score (nSPS) is 26.7. The van der Waals surface area contributed by atoms with Gasteiger partial charge in [0.05, 0.1) is 0 Å². The molecule has 1 saturated heterocycles. The lowest BCUT2D eigenvalue weighted by molar-refractivity contribution is -0.0165. The third kappa shape index (κ3) is 1.99. The van der Waals surface area contributed by atoms with Crippen LogP contribution in [0.2, 0.25) is 0 Å². The van der Waals surface area contributed by atoms with E-state index in [2.05, 4.69) is 11.9 Å². The maximum Gasteiger partial charge on any atom is 0.125 e. The molecule has 1 aromatic carbocycles. The minimum Gasteiger partial charge on any atom is -0.487 e. The fourth-order valence-corrected chi connectivity index (χ4v) is 3.02. The highest BCUT2D eigenvalue weighted by Crippen LogP contribution is 2.43. The third-order valence-electron chi connectivity index (χ3n) is 4.19. The summed E-state index contributed by atoms with van der Waals surface area (Å²) in [5.41, 5.74) is 6.86. The van der Waals surface area contributed by atoms with Crippen LogP contribution in [-0.2, 0) is 0 Å². The lowest BCUT2D eigenvalue weighted by Gasteiger charge is -2.45. The van der Waals surface area contributed by atoms with E-state index in [4.69, 9.17) is 10.5 Å². The van der Waals surface area contributed by atoms with Gasteiger partial charge in [-0.1, -0.05) is 0 Å². The predicted octanol–water partition coefficient (Wildman–Crippen LogP) is 2.07. The molecule has 0 radical (unpaired) electrons. The average Bonchev–Trinajstić information content (AvgIpc) is 2.35. The summed E-state index contributed by atoms with van der Waals surface area (Å²) in [6.07, 6.45) is 2.78. The van der Waals surface area contributed by atoms with Gasteiger partial charge in [-0.15, -0.1) is 0 Å². The van der Waals surface area contributed by atoms with Crippen molar-refractivity contribution < 1.29 is 9.13 Å². The van der Waals surface area contributed by atoms with Crippen molar-refractivity contribution in [2.45, 2.75) is 30.9 Å². The molecule has 1 aromatic rings. The highest BCUT2D eigenvalue weighted by atomic mass is 19.1. The number of halogens is 1. The Kier molecular flexibility index (Phi) is 2.79. The Morgan fingerprint density at radius 1 is 1.39 bits per heavy atom. The summed E-state index contributed by atoms with van der Waals surface area (Å²) in [5.74, 6) is 0.520. The first kappa shape index (κ1) is 11.9. The summed E-state index contributed by atoms with van der Waals surface area (Å²) >= 11 is 0. The summed E-state index contributed by atoms with van der Waals surface area (Å²) in [6, 6.07) is 4.54. The second kappa shape index (κ2) is 4.21. The Morgan fingerprint density at radius 2 is 2.11 bits per heavy atom. The topological polar surface area (TPSA) is 38.5 Å². The van der Waals surface area contributed by atoms with Crippen molar-refractivity contribution in [2.24, 2.45) is 5.73 Å². The molecule has 0 bridgehead atoms. The van der Waals surface area contributed by atoms with Gasteiger partial charge in [0.2, 0.25) is 0 Å². The average molecular weight is 250 g/mol. The lowest BCUT2D eigenvalue weighted by atomic mass is 9.81. The number of rotatable bonds is 0. The van der Waals surface area contributed by atoms with Crippen LogP contribution < -0.4 is 10.5 Å². The van der Waals surface area contributed by atoms with Gasteiger partial charge in [0.25, 0.3) is 0 Å². The van der Waals surface area contributed by atoms with Crippen molar-refractivity contribution in [1.82, 2.24) is 4.90 Å². The van der Waals surface area contributed by atoms with Gasteiger partial charge in [-0.05, 0) is 38.1 Å². The van der Waals surface area contributed by atoms with E-state index in [1.165, 1.54) is 12.1 Å². The van der Waals surface area contributed by atoms with E-state index >= 15 is 0 Å². The molecule has 1 atom stereocenters. The van der Waals surface area contributed by atoms with Crippen molar-refractivity contribution in [3.63, 3.8) is 0 Å². The van der Waals surface area contributed by atoms with Crippen LogP contribution in [0.1, 0.15) is 30.9 Å². The molecular weight excluding hydrogens is 231 g/mol. The van der Waals surface area contributed by atoms with Crippen molar-refractivity contribution in [3.8, 4) is 5.75 Å². The van der Waals surface area contributed by atoms with Crippen molar-refractivity contribution in [3.05, 3.63) is 29.6 Å². The number of piperidine rings is 1. The number of benzene rings is 1. The van der Waals surface area contributed by atoms with Crippen LogP contribution in [0, 0.1) is 5.82 Å². The molecule has 2 heterocycles. The largest absolute Gasteiger partial charge is 0.487 e. The van der Waals surface area contributed by atoms with Crippen LogP contribution >= 0.6 is 0 Å². The van der Waals surface area contributed by atoms with Crippen molar-refractivity contribution >= 4 is 0 Å². The summed E-state index contributed by atoms with van der Waals surface area (Å²) in [7, 11) is 2.12. The van der Waals surface area contributed by atoms with Gasteiger partial charge in [-0.3, -0.25) is 0 Å². The number of hydrogen-bond donors (Lipinski definition) is 1. The first-order valence-electron chi connectivity index (χ1n) is 6.51. The van der Waals surface area contributed by atoms with E-state index in [1.54, 1.807) is 6.07 Å². The quantitative estimate of drug-likeness (QED) is 0.766. The Labute approximate surface area is 107 Å². The van der Waals surface area contributed by atoms with Crippen LogP contribution in [0.4, 0.5) is 4.39 Å². The number of ether oxygens (including phenoxy) is 1. The molecule has 3 nitrogen and oxygen atoms in total.